The Kier molecular flexibility index (Phi) is 3.60. The maximum absolute atomic E-state index is 12.8. The molecule has 124 valence electrons. The Morgan fingerprint density at radius 1 is 1.30 bits per heavy atom. The fourth-order valence-electron chi connectivity index (χ4n) is 4.20. The van der Waals surface area contributed by atoms with Crippen molar-refractivity contribution in [3.05, 3.63) is 12.4 Å². The molecule has 1 spiro atoms. The highest BCUT2D eigenvalue weighted by molar-refractivity contribution is 6.00. The molecule has 1 unspecified atom stereocenters. The Balaban J connectivity index is 1.38. The number of aromatic amines is 1. The van der Waals surface area contributed by atoms with E-state index in [1.807, 2.05) is 4.90 Å². The lowest BCUT2D eigenvalue weighted by molar-refractivity contribution is -0.137. The number of piperidine rings is 1. The maximum Gasteiger partial charge on any atom is 0.228 e. The number of amides is 2. The first kappa shape index (κ1) is 14.7. The second kappa shape index (κ2) is 5.63. The second-order valence-electron chi connectivity index (χ2n) is 7.11. The van der Waals surface area contributed by atoms with Crippen molar-refractivity contribution in [2.24, 2.45) is 11.3 Å². The molecule has 3 saturated heterocycles. The summed E-state index contributed by atoms with van der Waals surface area (Å²) in [6.07, 6.45) is 7.03. The number of carbonyl (C=O) groups excluding carboxylic acids is 2. The van der Waals surface area contributed by atoms with Crippen LogP contribution >= 0.6 is 0 Å². The molecule has 2 amide bonds. The van der Waals surface area contributed by atoms with E-state index in [9.17, 15) is 9.59 Å². The summed E-state index contributed by atoms with van der Waals surface area (Å²) in [6.45, 7) is 4.32. The second-order valence-corrected chi connectivity index (χ2v) is 7.11. The van der Waals surface area contributed by atoms with Crippen LogP contribution in [0.2, 0.25) is 0 Å². The lowest BCUT2D eigenvalue weighted by Gasteiger charge is -2.39. The van der Waals surface area contributed by atoms with Gasteiger partial charge in [0.2, 0.25) is 11.8 Å². The zero-order chi connectivity index (χ0) is 15.9. The van der Waals surface area contributed by atoms with E-state index in [0.29, 0.717) is 18.4 Å². The number of anilines is 1. The van der Waals surface area contributed by atoms with Crippen LogP contribution in [0.3, 0.4) is 0 Å². The minimum absolute atomic E-state index is 0.0122. The van der Waals surface area contributed by atoms with Gasteiger partial charge in [0.05, 0.1) is 17.8 Å². The fraction of sp³-hybridized carbons (Fsp3) is 0.688. The Morgan fingerprint density at radius 3 is 2.78 bits per heavy atom. The quantitative estimate of drug-likeness (QED) is 0.825. The highest BCUT2D eigenvalue weighted by Gasteiger charge is 2.42. The Labute approximate surface area is 135 Å². The molecule has 7 heteroatoms. The molecular formula is C16H23N5O2. The number of H-pyrrole nitrogens is 1. The van der Waals surface area contributed by atoms with Crippen molar-refractivity contribution in [2.45, 2.75) is 25.7 Å². The molecule has 0 aromatic carbocycles. The van der Waals surface area contributed by atoms with E-state index in [1.54, 1.807) is 17.3 Å². The van der Waals surface area contributed by atoms with Crippen LogP contribution in [0.15, 0.2) is 12.4 Å². The van der Waals surface area contributed by atoms with Crippen LogP contribution in [-0.2, 0) is 9.59 Å². The first-order valence-electron chi connectivity index (χ1n) is 8.46. The van der Waals surface area contributed by atoms with Crippen LogP contribution in [0.25, 0.3) is 0 Å². The van der Waals surface area contributed by atoms with Crippen LogP contribution in [0, 0.1) is 11.3 Å². The summed E-state index contributed by atoms with van der Waals surface area (Å²) in [6, 6.07) is 0. The van der Waals surface area contributed by atoms with Gasteiger partial charge in [0.15, 0.2) is 0 Å². The molecule has 23 heavy (non-hydrogen) atoms. The standard InChI is InChI=1S/C16H23N5O2/c22-14-7-12(10-21(14)13-8-18-19-9-13)15(23)20-5-2-16(3-6-20)1-4-17-11-16/h8-9,12,17H,1-7,10-11H2,(H,18,19). The number of aromatic nitrogens is 2. The zero-order valence-corrected chi connectivity index (χ0v) is 13.3. The lowest BCUT2D eigenvalue weighted by Crippen LogP contribution is -2.46. The van der Waals surface area contributed by atoms with Crippen molar-refractivity contribution in [1.29, 1.82) is 0 Å². The first-order chi connectivity index (χ1) is 11.2. The summed E-state index contributed by atoms with van der Waals surface area (Å²) in [5.74, 6) is -0.0588. The number of nitrogens with one attached hydrogen (secondary N) is 2. The molecular weight excluding hydrogens is 294 g/mol. The van der Waals surface area contributed by atoms with Gasteiger partial charge in [-0.15, -0.1) is 0 Å². The molecule has 4 heterocycles. The molecule has 1 aromatic rings. The van der Waals surface area contributed by atoms with Gasteiger partial charge in [0.25, 0.3) is 0 Å². The van der Waals surface area contributed by atoms with Gasteiger partial charge in [-0.3, -0.25) is 14.7 Å². The van der Waals surface area contributed by atoms with Gasteiger partial charge in [-0.25, -0.2) is 0 Å². The van der Waals surface area contributed by atoms with Crippen molar-refractivity contribution >= 4 is 17.5 Å². The topological polar surface area (TPSA) is 81.3 Å². The summed E-state index contributed by atoms with van der Waals surface area (Å²) in [4.78, 5) is 28.6. The Bertz CT molecular complexity index is 584. The van der Waals surface area contributed by atoms with Crippen molar-refractivity contribution in [2.75, 3.05) is 37.6 Å². The van der Waals surface area contributed by atoms with E-state index in [-0.39, 0.29) is 17.7 Å². The normalized spacial score (nSPS) is 27.1. The highest BCUT2D eigenvalue weighted by Crippen LogP contribution is 2.37. The number of carbonyl (C=O) groups is 2. The van der Waals surface area contributed by atoms with Gasteiger partial charge in [-0.05, 0) is 31.2 Å². The van der Waals surface area contributed by atoms with Gasteiger partial charge in [-0.1, -0.05) is 0 Å². The van der Waals surface area contributed by atoms with Crippen LogP contribution < -0.4 is 10.2 Å². The summed E-state index contributed by atoms with van der Waals surface area (Å²) >= 11 is 0. The summed E-state index contributed by atoms with van der Waals surface area (Å²) in [7, 11) is 0. The van der Waals surface area contributed by atoms with Crippen LogP contribution in [0.4, 0.5) is 5.69 Å². The molecule has 2 N–H and O–H groups in total. The van der Waals surface area contributed by atoms with Gasteiger partial charge >= 0.3 is 0 Å². The van der Waals surface area contributed by atoms with E-state index in [0.717, 1.165) is 44.7 Å². The third-order valence-electron chi connectivity index (χ3n) is 5.74. The van der Waals surface area contributed by atoms with E-state index in [1.165, 1.54) is 6.42 Å². The number of hydrogen-bond acceptors (Lipinski definition) is 4. The van der Waals surface area contributed by atoms with E-state index >= 15 is 0 Å². The van der Waals surface area contributed by atoms with Gasteiger partial charge < -0.3 is 15.1 Å². The largest absolute Gasteiger partial charge is 0.342 e. The molecule has 0 bridgehead atoms. The summed E-state index contributed by atoms with van der Waals surface area (Å²) in [5, 5.41) is 10.0. The third-order valence-corrected chi connectivity index (χ3v) is 5.74. The van der Waals surface area contributed by atoms with E-state index < -0.39 is 0 Å². The molecule has 3 fully saturated rings. The van der Waals surface area contributed by atoms with E-state index in [2.05, 4.69) is 15.5 Å². The number of likely N-dealkylation sites (tertiary alicyclic amines) is 1. The number of hydrogen-bond donors (Lipinski definition) is 2. The molecule has 3 aliphatic heterocycles. The van der Waals surface area contributed by atoms with Crippen molar-refractivity contribution in [1.82, 2.24) is 20.4 Å². The van der Waals surface area contributed by atoms with Gasteiger partial charge in [0, 0.05) is 38.8 Å². The van der Waals surface area contributed by atoms with Crippen LogP contribution in [0.1, 0.15) is 25.7 Å². The number of nitrogens with zero attached hydrogens (tertiary/aromatic N) is 3. The van der Waals surface area contributed by atoms with Crippen molar-refractivity contribution < 1.29 is 9.59 Å². The van der Waals surface area contributed by atoms with Gasteiger partial charge in [0.1, 0.15) is 0 Å². The summed E-state index contributed by atoms with van der Waals surface area (Å²) < 4.78 is 0. The molecule has 4 rings (SSSR count). The monoisotopic (exact) mass is 317 g/mol. The highest BCUT2D eigenvalue weighted by atomic mass is 16.2. The van der Waals surface area contributed by atoms with Gasteiger partial charge in [-0.2, -0.15) is 5.10 Å². The molecule has 0 aliphatic carbocycles. The average molecular weight is 317 g/mol. The SMILES string of the molecule is O=C(C1CC(=O)N(c2cn[nH]c2)C1)N1CCC2(CCNC2)CC1. The molecule has 3 aliphatic rings. The predicted molar refractivity (Wildman–Crippen MR) is 84.8 cm³/mol. The maximum atomic E-state index is 12.8. The fourth-order valence-corrected chi connectivity index (χ4v) is 4.20. The minimum atomic E-state index is -0.215. The smallest absolute Gasteiger partial charge is 0.228 e. The predicted octanol–water partition coefficient (Wildman–Crippen LogP) is 0.365. The molecule has 0 saturated carbocycles. The Morgan fingerprint density at radius 2 is 2.13 bits per heavy atom. The molecule has 0 radical (unpaired) electrons. The summed E-state index contributed by atoms with van der Waals surface area (Å²) in [5.41, 5.74) is 1.16. The van der Waals surface area contributed by atoms with Crippen molar-refractivity contribution in [3.8, 4) is 0 Å². The zero-order valence-electron chi connectivity index (χ0n) is 13.3. The van der Waals surface area contributed by atoms with Crippen LogP contribution in [0.5, 0.6) is 0 Å². The third kappa shape index (κ3) is 2.63. The first-order valence-corrected chi connectivity index (χ1v) is 8.46. The average Bonchev–Trinajstić information content (AvgIpc) is 3.28. The Hall–Kier alpha value is -1.89. The van der Waals surface area contributed by atoms with Crippen LogP contribution in [-0.4, -0.2) is 59.6 Å². The van der Waals surface area contributed by atoms with E-state index in [4.69, 9.17) is 0 Å². The molecule has 1 aromatic heterocycles. The van der Waals surface area contributed by atoms with Crippen molar-refractivity contribution in [3.63, 3.8) is 0 Å². The molecule has 1 atom stereocenters. The molecule has 7 nitrogen and oxygen atoms in total. The number of rotatable bonds is 2. The minimum Gasteiger partial charge on any atom is -0.342 e. The lowest BCUT2D eigenvalue weighted by atomic mass is 9.77.